The molecule has 1 aromatic heterocycles. The molecular weight excluding hydrogens is 378 g/mol. The van der Waals surface area contributed by atoms with E-state index >= 15 is 0 Å². The average Bonchev–Trinajstić information content (AvgIpc) is 2.72. The number of hydrogen-bond donors (Lipinski definition) is 2. The van der Waals surface area contributed by atoms with Gasteiger partial charge in [0.2, 0.25) is 5.91 Å². The minimum absolute atomic E-state index is 0.0209. The van der Waals surface area contributed by atoms with Crippen LogP contribution < -0.4 is 15.0 Å². The van der Waals surface area contributed by atoms with Gasteiger partial charge in [-0.15, -0.1) is 0 Å². The van der Waals surface area contributed by atoms with Gasteiger partial charge in [0.15, 0.2) is 0 Å². The number of nitrogens with zero attached hydrogens (tertiary/aromatic N) is 3. The van der Waals surface area contributed by atoms with Gasteiger partial charge in [0.1, 0.15) is 11.6 Å². The normalized spacial score (nSPS) is 14.0. The van der Waals surface area contributed by atoms with E-state index in [1.54, 1.807) is 13.3 Å². The molecule has 0 saturated carbocycles. The van der Waals surface area contributed by atoms with Crippen LogP contribution in [0.25, 0.3) is 0 Å². The van der Waals surface area contributed by atoms with Crippen LogP contribution in [0.2, 0.25) is 5.02 Å². The summed E-state index contributed by atoms with van der Waals surface area (Å²) in [5.41, 5.74) is 2.69. The zero-order valence-electron chi connectivity index (χ0n) is 16.0. The number of carbonyl (C=O) groups is 1. The molecule has 1 amide bonds. The topological polar surface area (TPSA) is 81.6 Å². The van der Waals surface area contributed by atoms with Crippen molar-refractivity contribution in [1.29, 1.82) is 5.41 Å². The van der Waals surface area contributed by atoms with Crippen LogP contribution in [-0.2, 0) is 4.79 Å². The summed E-state index contributed by atoms with van der Waals surface area (Å²) in [6.07, 6.45) is 2.93. The first-order chi connectivity index (χ1) is 13.5. The molecule has 0 spiro atoms. The molecule has 1 saturated heterocycles. The molecule has 8 heteroatoms. The zero-order chi connectivity index (χ0) is 20.1. The van der Waals surface area contributed by atoms with Crippen molar-refractivity contribution in [2.24, 2.45) is 0 Å². The standard InChI is InChI=1S/C20H24ClN5O2/c1-14-5-6-23-20(16(14)12-22)24-13-19(27)26-9-7-25(8-10-26)15-3-4-17(21)18(11-15)28-2/h3-6,11-12,22H,7-10,13H2,1-2H3,(H,23,24). The molecule has 7 nitrogen and oxygen atoms in total. The molecular formula is C20H24ClN5O2. The minimum atomic E-state index is 0.0209. The molecule has 0 unspecified atom stereocenters. The lowest BCUT2D eigenvalue weighted by Crippen LogP contribution is -2.50. The van der Waals surface area contributed by atoms with E-state index in [1.807, 2.05) is 36.1 Å². The number of hydrogen-bond acceptors (Lipinski definition) is 6. The summed E-state index contributed by atoms with van der Waals surface area (Å²) in [5, 5.41) is 11.2. The molecule has 2 heterocycles. The first kappa shape index (κ1) is 19.9. The Hall–Kier alpha value is -2.80. The summed E-state index contributed by atoms with van der Waals surface area (Å²) in [6, 6.07) is 7.56. The Balaban J connectivity index is 1.56. The molecule has 28 heavy (non-hydrogen) atoms. The second-order valence-corrected chi connectivity index (χ2v) is 6.98. The van der Waals surface area contributed by atoms with E-state index in [0.29, 0.717) is 35.2 Å². The number of nitrogens with one attached hydrogen (secondary N) is 2. The van der Waals surface area contributed by atoms with Crippen LogP contribution in [0.3, 0.4) is 0 Å². The molecule has 2 aromatic rings. The Kier molecular flexibility index (Phi) is 6.36. The van der Waals surface area contributed by atoms with Gasteiger partial charge in [0.05, 0.1) is 18.7 Å². The molecule has 1 aliphatic heterocycles. The Bertz CT molecular complexity index is 866. The third-order valence-electron chi connectivity index (χ3n) is 4.89. The molecule has 0 aliphatic carbocycles. The fourth-order valence-corrected chi connectivity index (χ4v) is 3.42. The Morgan fingerprint density at radius 3 is 2.75 bits per heavy atom. The van der Waals surface area contributed by atoms with Crippen LogP contribution in [-0.4, -0.2) is 61.8 Å². The lowest BCUT2D eigenvalue weighted by atomic mass is 10.1. The lowest BCUT2D eigenvalue weighted by Gasteiger charge is -2.36. The van der Waals surface area contributed by atoms with E-state index in [-0.39, 0.29) is 12.5 Å². The largest absolute Gasteiger partial charge is 0.495 e. The van der Waals surface area contributed by atoms with Gasteiger partial charge in [0, 0.05) is 55.9 Å². The van der Waals surface area contributed by atoms with Gasteiger partial charge in [-0.3, -0.25) is 4.79 Å². The van der Waals surface area contributed by atoms with Crippen LogP contribution in [0, 0.1) is 12.3 Å². The fraction of sp³-hybridized carbons (Fsp3) is 0.350. The number of piperazine rings is 1. The van der Waals surface area contributed by atoms with Crippen molar-refractivity contribution < 1.29 is 9.53 Å². The summed E-state index contributed by atoms with van der Waals surface area (Å²) < 4.78 is 5.28. The van der Waals surface area contributed by atoms with Gasteiger partial charge in [-0.1, -0.05) is 11.6 Å². The second kappa shape index (κ2) is 8.93. The zero-order valence-corrected chi connectivity index (χ0v) is 16.8. The molecule has 0 radical (unpaired) electrons. The third-order valence-corrected chi connectivity index (χ3v) is 5.20. The third kappa shape index (κ3) is 4.36. The Labute approximate surface area is 169 Å². The van der Waals surface area contributed by atoms with Crippen LogP contribution in [0.4, 0.5) is 11.5 Å². The van der Waals surface area contributed by atoms with Crippen molar-refractivity contribution >= 4 is 35.2 Å². The molecule has 1 fully saturated rings. The Morgan fingerprint density at radius 1 is 1.32 bits per heavy atom. The highest BCUT2D eigenvalue weighted by Crippen LogP contribution is 2.29. The number of rotatable bonds is 6. The fourth-order valence-electron chi connectivity index (χ4n) is 3.22. The number of halogens is 1. The van der Waals surface area contributed by atoms with Crippen molar-refractivity contribution in [2.75, 3.05) is 50.1 Å². The van der Waals surface area contributed by atoms with Gasteiger partial charge in [-0.05, 0) is 30.7 Å². The molecule has 1 aliphatic rings. The smallest absolute Gasteiger partial charge is 0.242 e. The number of aryl methyl sites for hydroxylation is 1. The number of anilines is 2. The summed E-state index contributed by atoms with van der Waals surface area (Å²) in [5.74, 6) is 1.23. The molecule has 3 rings (SSSR count). The van der Waals surface area contributed by atoms with Crippen LogP contribution in [0.15, 0.2) is 30.5 Å². The van der Waals surface area contributed by atoms with E-state index in [2.05, 4.69) is 15.2 Å². The number of pyridine rings is 1. The predicted molar refractivity (Wildman–Crippen MR) is 112 cm³/mol. The SMILES string of the molecule is COc1cc(N2CCN(C(=O)CNc3nccc(C)c3C=N)CC2)ccc1Cl. The van der Waals surface area contributed by atoms with Crippen LogP contribution in [0.5, 0.6) is 5.75 Å². The van der Waals surface area contributed by atoms with E-state index in [4.69, 9.17) is 21.7 Å². The van der Waals surface area contributed by atoms with Crippen molar-refractivity contribution in [3.05, 3.63) is 46.6 Å². The van der Waals surface area contributed by atoms with Gasteiger partial charge in [-0.2, -0.15) is 0 Å². The number of amides is 1. The van der Waals surface area contributed by atoms with E-state index in [1.165, 1.54) is 6.21 Å². The van der Waals surface area contributed by atoms with Crippen LogP contribution >= 0.6 is 11.6 Å². The molecule has 0 atom stereocenters. The summed E-state index contributed by atoms with van der Waals surface area (Å²) in [4.78, 5) is 20.9. The maximum Gasteiger partial charge on any atom is 0.242 e. The van der Waals surface area contributed by atoms with E-state index in [9.17, 15) is 4.79 Å². The first-order valence-electron chi connectivity index (χ1n) is 9.09. The van der Waals surface area contributed by atoms with Gasteiger partial charge < -0.3 is 25.3 Å². The quantitative estimate of drug-likeness (QED) is 0.727. The monoisotopic (exact) mass is 401 g/mol. The van der Waals surface area contributed by atoms with E-state index in [0.717, 1.165) is 24.3 Å². The van der Waals surface area contributed by atoms with E-state index < -0.39 is 0 Å². The summed E-state index contributed by atoms with van der Waals surface area (Å²) >= 11 is 6.09. The number of benzene rings is 1. The average molecular weight is 402 g/mol. The minimum Gasteiger partial charge on any atom is -0.495 e. The Morgan fingerprint density at radius 2 is 2.07 bits per heavy atom. The molecule has 0 bridgehead atoms. The molecule has 148 valence electrons. The van der Waals surface area contributed by atoms with Crippen molar-refractivity contribution in [2.45, 2.75) is 6.92 Å². The van der Waals surface area contributed by atoms with Crippen molar-refractivity contribution in [1.82, 2.24) is 9.88 Å². The highest BCUT2D eigenvalue weighted by atomic mass is 35.5. The number of carbonyl (C=O) groups excluding carboxylic acids is 1. The molecule has 2 N–H and O–H groups in total. The van der Waals surface area contributed by atoms with Crippen molar-refractivity contribution in [3.8, 4) is 5.75 Å². The number of aromatic nitrogens is 1. The molecule has 1 aromatic carbocycles. The lowest BCUT2D eigenvalue weighted by molar-refractivity contribution is -0.129. The second-order valence-electron chi connectivity index (χ2n) is 6.57. The summed E-state index contributed by atoms with van der Waals surface area (Å²) in [7, 11) is 1.60. The predicted octanol–water partition coefficient (Wildman–Crippen LogP) is 2.81. The van der Waals surface area contributed by atoms with Gasteiger partial charge in [0.25, 0.3) is 0 Å². The van der Waals surface area contributed by atoms with Crippen molar-refractivity contribution in [3.63, 3.8) is 0 Å². The first-order valence-corrected chi connectivity index (χ1v) is 9.47. The summed E-state index contributed by atoms with van der Waals surface area (Å²) in [6.45, 7) is 4.84. The maximum absolute atomic E-state index is 12.6. The van der Waals surface area contributed by atoms with Crippen LogP contribution in [0.1, 0.15) is 11.1 Å². The van der Waals surface area contributed by atoms with Gasteiger partial charge in [-0.25, -0.2) is 4.98 Å². The maximum atomic E-state index is 12.6. The highest BCUT2D eigenvalue weighted by molar-refractivity contribution is 6.32. The van der Waals surface area contributed by atoms with Gasteiger partial charge >= 0.3 is 0 Å². The number of methoxy groups -OCH3 is 1. The number of ether oxygens (including phenoxy) is 1. The highest BCUT2D eigenvalue weighted by Gasteiger charge is 2.22.